The molecule has 0 heterocycles. The third kappa shape index (κ3) is 0.726. The third-order valence-corrected chi connectivity index (χ3v) is 2.76. The van der Waals surface area contributed by atoms with Crippen molar-refractivity contribution in [1.82, 2.24) is 0 Å². The third-order valence-electron chi connectivity index (χ3n) is 2.76. The molecule has 3 atom stereocenters. The molecule has 0 N–H and O–H groups in total. The van der Waals surface area contributed by atoms with E-state index in [9.17, 15) is 0 Å². The van der Waals surface area contributed by atoms with Crippen LogP contribution in [-0.4, -0.2) is 0 Å². The van der Waals surface area contributed by atoms with Gasteiger partial charge in [0.1, 0.15) is 0 Å². The Bertz CT molecular complexity index is 131. The quantitative estimate of drug-likeness (QED) is 0.467. The van der Waals surface area contributed by atoms with Crippen molar-refractivity contribution in [3.63, 3.8) is 0 Å². The molecule has 0 aromatic heterocycles. The first kappa shape index (κ1) is 5.52. The van der Waals surface area contributed by atoms with E-state index in [1.54, 1.807) is 0 Å². The largest absolute Gasteiger partial charge is 0.0882 e. The van der Waals surface area contributed by atoms with Crippen molar-refractivity contribution >= 4 is 0 Å². The van der Waals surface area contributed by atoms with Gasteiger partial charge in [-0.2, -0.15) is 0 Å². The number of hydrogen-bond donors (Lipinski definition) is 0. The highest BCUT2D eigenvalue weighted by atomic mass is 14.5. The first-order chi connectivity index (χ1) is 4.43. The molecule has 9 heavy (non-hydrogen) atoms. The molecular weight excluding hydrogens is 108 g/mol. The molecule has 0 bridgehead atoms. The van der Waals surface area contributed by atoms with E-state index in [-0.39, 0.29) is 0 Å². The molecule has 0 heteroatoms. The maximum absolute atomic E-state index is 3.94. The van der Waals surface area contributed by atoms with Crippen LogP contribution in [0.3, 0.4) is 0 Å². The SMILES string of the molecule is [CH2]CC1C2C=CCCC21. The van der Waals surface area contributed by atoms with Gasteiger partial charge in [0.25, 0.3) is 0 Å². The fourth-order valence-electron chi connectivity index (χ4n) is 2.12. The van der Waals surface area contributed by atoms with Crippen molar-refractivity contribution < 1.29 is 0 Å². The second-order valence-corrected chi connectivity index (χ2v) is 3.20. The standard InChI is InChI=1S/C9H13/c1-2-7-8-5-3-4-6-9(7)8/h3,5,7-9H,1-2,4,6H2. The monoisotopic (exact) mass is 121 g/mol. The van der Waals surface area contributed by atoms with Gasteiger partial charge in [0.05, 0.1) is 0 Å². The van der Waals surface area contributed by atoms with Crippen molar-refractivity contribution in [1.29, 1.82) is 0 Å². The lowest BCUT2D eigenvalue weighted by molar-refractivity contribution is 0.645. The highest BCUT2D eigenvalue weighted by molar-refractivity contribution is 5.12. The normalized spacial score (nSPS) is 46.6. The average Bonchev–Trinajstić information content (AvgIpc) is 2.60. The number of hydrogen-bond acceptors (Lipinski definition) is 0. The minimum absolute atomic E-state index is 0.941. The molecule has 0 saturated heterocycles. The van der Waals surface area contributed by atoms with Crippen molar-refractivity contribution in [3.8, 4) is 0 Å². The molecule has 1 radical (unpaired) electrons. The molecule has 2 aliphatic carbocycles. The van der Waals surface area contributed by atoms with Crippen molar-refractivity contribution in [2.45, 2.75) is 19.3 Å². The highest BCUT2D eigenvalue weighted by Crippen LogP contribution is 2.53. The minimum atomic E-state index is 0.941. The molecule has 2 aliphatic rings. The number of fused-ring (bicyclic) bond motifs is 1. The molecule has 0 aromatic rings. The smallest absolute Gasteiger partial charge is 0.0171 e. The summed E-state index contributed by atoms with van der Waals surface area (Å²) in [6.07, 6.45) is 8.62. The van der Waals surface area contributed by atoms with Crippen LogP contribution >= 0.6 is 0 Å². The van der Waals surface area contributed by atoms with Gasteiger partial charge < -0.3 is 0 Å². The molecule has 0 nitrogen and oxygen atoms in total. The summed E-state index contributed by atoms with van der Waals surface area (Å²) in [5.74, 6) is 2.94. The minimum Gasteiger partial charge on any atom is -0.0882 e. The Labute approximate surface area is 57.0 Å². The zero-order valence-corrected chi connectivity index (χ0v) is 5.72. The van der Waals surface area contributed by atoms with Gasteiger partial charge in [0, 0.05) is 0 Å². The van der Waals surface area contributed by atoms with Crippen LogP contribution in [0, 0.1) is 24.7 Å². The van der Waals surface area contributed by atoms with Gasteiger partial charge >= 0.3 is 0 Å². The molecule has 3 unspecified atom stereocenters. The predicted molar refractivity (Wildman–Crippen MR) is 38.8 cm³/mol. The Kier molecular flexibility index (Phi) is 1.14. The van der Waals surface area contributed by atoms with Crippen molar-refractivity contribution in [2.75, 3.05) is 0 Å². The van der Waals surface area contributed by atoms with Gasteiger partial charge in [0.2, 0.25) is 0 Å². The Morgan fingerprint density at radius 1 is 1.56 bits per heavy atom. The molecule has 0 amide bonds. The summed E-state index contributed by atoms with van der Waals surface area (Å²) < 4.78 is 0. The Hall–Kier alpha value is -0.260. The average molecular weight is 121 g/mol. The van der Waals surface area contributed by atoms with E-state index >= 15 is 0 Å². The maximum Gasteiger partial charge on any atom is -0.0171 e. The van der Waals surface area contributed by atoms with Crippen LogP contribution in [0.5, 0.6) is 0 Å². The molecule has 2 rings (SSSR count). The Balaban J connectivity index is 2.02. The fraction of sp³-hybridized carbons (Fsp3) is 0.667. The van der Waals surface area contributed by atoms with Gasteiger partial charge in [0.15, 0.2) is 0 Å². The van der Waals surface area contributed by atoms with Gasteiger partial charge in [-0.3, -0.25) is 0 Å². The molecule has 1 saturated carbocycles. The first-order valence-electron chi connectivity index (χ1n) is 3.89. The van der Waals surface area contributed by atoms with Crippen LogP contribution in [-0.2, 0) is 0 Å². The topological polar surface area (TPSA) is 0 Å². The van der Waals surface area contributed by atoms with Crippen LogP contribution in [0.4, 0.5) is 0 Å². The van der Waals surface area contributed by atoms with Gasteiger partial charge in [-0.05, 0) is 37.0 Å². The number of allylic oxidation sites excluding steroid dienone is 2. The van der Waals surface area contributed by atoms with E-state index in [2.05, 4.69) is 19.1 Å². The van der Waals surface area contributed by atoms with E-state index in [0.717, 1.165) is 24.2 Å². The van der Waals surface area contributed by atoms with E-state index < -0.39 is 0 Å². The summed E-state index contributed by atoms with van der Waals surface area (Å²) >= 11 is 0. The highest BCUT2D eigenvalue weighted by Gasteiger charge is 2.46. The Morgan fingerprint density at radius 3 is 3.00 bits per heavy atom. The molecule has 0 aromatic carbocycles. The van der Waals surface area contributed by atoms with E-state index in [1.165, 1.54) is 12.8 Å². The summed E-state index contributed by atoms with van der Waals surface area (Å²) in [5, 5.41) is 0. The second kappa shape index (κ2) is 1.86. The molecule has 0 spiro atoms. The summed E-state index contributed by atoms with van der Waals surface area (Å²) in [4.78, 5) is 0. The lowest BCUT2D eigenvalue weighted by Gasteiger charge is -1.97. The second-order valence-electron chi connectivity index (χ2n) is 3.20. The van der Waals surface area contributed by atoms with Gasteiger partial charge in [-0.1, -0.05) is 19.1 Å². The molecule has 0 aliphatic heterocycles. The fourth-order valence-corrected chi connectivity index (χ4v) is 2.12. The lowest BCUT2D eigenvalue weighted by Crippen LogP contribution is -1.83. The Morgan fingerprint density at radius 2 is 2.44 bits per heavy atom. The zero-order chi connectivity index (χ0) is 6.27. The first-order valence-corrected chi connectivity index (χ1v) is 3.89. The van der Waals surface area contributed by atoms with Gasteiger partial charge in [-0.25, -0.2) is 0 Å². The van der Waals surface area contributed by atoms with Gasteiger partial charge in [-0.15, -0.1) is 0 Å². The van der Waals surface area contributed by atoms with E-state index in [4.69, 9.17) is 0 Å². The van der Waals surface area contributed by atoms with Crippen LogP contribution < -0.4 is 0 Å². The molecule has 49 valence electrons. The summed E-state index contributed by atoms with van der Waals surface area (Å²) in [6.45, 7) is 3.94. The summed E-state index contributed by atoms with van der Waals surface area (Å²) in [7, 11) is 0. The van der Waals surface area contributed by atoms with Crippen molar-refractivity contribution in [2.24, 2.45) is 17.8 Å². The lowest BCUT2D eigenvalue weighted by atomic mass is 10.1. The van der Waals surface area contributed by atoms with Crippen molar-refractivity contribution in [3.05, 3.63) is 19.1 Å². The number of rotatable bonds is 1. The van der Waals surface area contributed by atoms with Crippen LogP contribution in [0.2, 0.25) is 0 Å². The van der Waals surface area contributed by atoms with E-state index in [1.807, 2.05) is 0 Å². The summed E-state index contributed by atoms with van der Waals surface area (Å²) in [5.41, 5.74) is 0. The van der Waals surface area contributed by atoms with Crippen LogP contribution in [0.25, 0.3) is 0 Å². The summed E-state index contributed by atoms with van der Waals surface area (Å²) in [6, 6.07) is 0. The molecule has 1 fully saturated rings. The molecular formula is C9H13. The van der Waals surface area contributed by atoms with E-state index in [0.29, 0.717) is 0 Å². The van der Waals surface area contributed by atoms with Crippen LogP contribution in [0.1, 0.15) is 19.3 Å². The predicted octanol–water partition coefficient (Wildman–Crippen LogP) is 2.42. The van der Waals surface area contributed by atoms with Crippen LogP contribution in [0.15, 0.2) is 12.2 Å². The zero-order valence-electron chi connectivity index (χ0n) is 5.72. The maximum atomic E-state index is 3.94.